The van der Waals surface area contributed by atoms with E-state index in [0.717, 1.165) is 11.3 Å². The normalized spacial score (nSPS) is 9.46. The van der Waals surface area contributed by atoms with Gasteiger partial charge in [-0.1, -0.05) is 36.9 Å². The van der Waals surface area contributed by atoms with Crippen LogP contribution in [0, 0.1) is 6.57 Å². The maximum atomic E-state index is 6.77. The molecular formula is C10H7N3. The van der Waals surface area contributed by atoms with Crippen molar-refractivity contribution in [3.05, 3.63) is 47.8 Å². The number of H-pyrrole nitrogens is 1. The van der Waals surface area contributed by atoms with Gasteiger partial charge in [0.2, 0.25) is 5.82 Å². The first-order valence-electron chi connectivity index (χ1n) is 3.88. The van der Waals surface area contributed by atoms with Gasteiger partial charge in [0, 0.05) is 5.56 Å². The summed E-state index contributed by atoms with van der Waals surface area (Å²) in [6.45, 7) is 6.77. The maximum Gasteiger partial charge on any atom is 0.250 e. The molecule has 0 bridgehead atoms. The average Bonchev–Trinajstić information content (AvgIpc) is 2.67. The summed E-state index contributed by atoms with van der Waals surface area (Å²) in [6, 6.07) is 11.5. The van der Waals surface area contributed by atoms with E-state index in [9.17, 15) is 0 Å². The number of hydrogen-bond acceptors (Lipinski definition) is 1. The quantitative estimate of drug-likeness (QED) is 0.654. The number of benzene rings is 1. The Morgan fingerprint density at radius 1 is 1.23 bits per heavy atom. The first-order chi connectivity index (χ1) is 6.40. The SMILES string of the molecule is [C-]#[N+]c1cc(-c2ccccc2)n[nH]1. The van der Waals surface area contributed by atoms with Crippen LogP contribution in [0.2, 0.25) is 0 Å². The van der Waals surface area contributed by atoms with Gasteiger partial charge in [-0.05, 0) is 6.07 Å². The summed E-state index contributed by atoms with van der Waals surface area (Å²) < 4.78 is 0. The molecule has 0 atom stereocenters. The van der Waals surface area contributed by atoms with Gasteiger partial charge in [0.1, 0.15) is 5.69 Å². The van der Waals surface area contributed by atoms with Gasteiger partial charge in [0.25, 0.3) is 0 Å². The van der Waals surface area contributed by atoms with E-state index in [-0.39, 0.29) is 0 Å². The molecule has 0 aliphatic rings. The molecule has 0 radical (unpaired) electrons. The van der Waals surface area contributed by atoms with E-state index in [1.807, 2.05) is 30.3 Å². The summed E-state index contributed by atoms with van der Waals surface area (Å²) in [5, 5.41) is 6.67. The summed E-state index contributed by atoms with van der Waals surface area (Å²) in [6.07, 6.45) is 0. The van der Waals surface area contributed by atoms with E-state index in [1.165, 1.54) is 0 Å². The highest BCUT2D eigenvalue weighted by molar-refractivity contribution is 5.62. The van der Waals surface area contributed by atoms with Gasteiger partial charge < -0.3 is 4.85 Å². The van der Waals surface area contributed by atoms with Gasteiger partial charge in [-0.15, -0.1) is 5.10 Å². The van der Waals surface area contributed by atoms with Crippen molar-refractivity contribution in [3.63, 3.8) is 0 Å². The lowest BCUT2D eigenvalue weighted by Crippen LogP contribution is -1.75. The van der Waals surface area contributed by atoms with Crippen molar-refractivity contribution >= 4 is 5.82 Å². The molecule has 2 aromatic rings. The summed E-state index contributed by atoms with van der Waals surface area (Å²) in [7, 11) is 0. The smallest absolute Gasteiger partial charge is 0.250 e. The Labute approximate surface area is 75.9 Å². The Bertz CT molecular complexity index is 437. The predicted octanol–water partition coefficient (Wildman–Crippen LogP) is 2.63. The average molecular weight is 169 g/mol. The van der Waals surface area contributed by atoms with E-state index in [4.69, 9.17) is 6.57 Å². The molecule has 0 aliphatic carbocycles. The molecule has 1 heterocycles. The fourth-order valence-corrected chi connectivity index (χ4v) is 1.13. The summed E-state index contributed by atoms with van der Waals surface area (Å²) >= 11 is 0. The summed E-state index contributed by atoms with van der Waals surface area (Å²) in [4.78, 5) is 3.25. The van der Waals surface area contributed by atoms with Crippen molar-refractivity contribution in [3.8, 4) is 11.3 Å². The first-order valence-corrected chi connectivity index (χ1v) is 3.88. The molecule has 0 aliphatic heterocycles. The molecule has 2 rings (SSSR count). The van der Waals surface area contributed by atoms with E-state index in [0.29, 0.717) is 5.82 Å². The van der Waals surface area contributed by atoms with Crippen LogP contribution in [0.4, 0.5) is 5.82 Å². The highest BCUT2D eigenvalue weighted by Crippen LogP contribution is 2.20. The Morgan fingerprint density at radius 3 is 2.62 bits per heavy atom. The molecule has 0 amide bonds. The molecule has 0 spiro atoms. The minimum absolute atomic E-state index is 0.471. The van der Waals surface area contributed by atoms with E-state index in [1.54, 1.807) is 6.07 Å². The third-order valence-electron chi connectivity index (χ3n) is 1.75. The van der Waals surface area contributed by atoms with Gasteiger partial charge >= 0.3 is 0 Å². The number of aromatic amines is 1. The standard InChI is InChI=1S/C10H7N3/c1-11-10-7-9(12-13-10)8-5-3-2-4-6-8/h2-7H,(H,12,13). The van der Waals surface area contributed by atoms with Crippen LogP contribution in [0.5, 0.6) is 0 Å². The zero-order valence-electron chi connectivity index (χ0n) is 6.86. The lowest BCUT2D eigenvalue weighted by atomic mass is 10.2. The fourth-order valence-electron chi connectivity index (χ4n) is 1.13. The highest BCUT2D eigenvalue weighted by Gasteiger charge is 2.01. The Kier molecular flexibility index (Phi) is 1.81. The number of hydrogen-bond donors (Lipinski definition) is 1. The van der Waals surface area contributed by atoms with Crippen LogP contribution in [0.25, 0.3) is 16.1 Å². The summed E-state index contributed by atoms with van der Waals surface area (Å²) in [5.74, 6) is 0.471. The lowest BCUT2D eigenvalue weighted by molar-refractivity contribution is 1.11. The van der Waals surface area contributed by atoms with Crippen LogP contribution in [0.15, 0.2) is 36.4 Å². The molecule has 0 saturated carbocycles. The van der Waals surface area contributed by atoms with Crippen molar-refractivity contribution < 1.29 is 0 Å². The monoisotopic (exact) mass is 169 g/mol. The minimum atomic E-state index is 0.471. The van der Waals surface area contributed by atoms with Crippen LogP contribution < -0.4 is 0 Å². The molecule has 0 unspecified atom stereocenters. The molecule has 1 aromatic carbocycles. The van der Waals surface area contributed by atoms with Gasteiger partial charge in [-0.3, -0.25) is 0 Å². The molecule has 13 heavy (non-hydrogen) atoms. The fraction of sp³-hybridized carbons (Fsp3) is 0. The van der Waals surface area contributed by atoms with Crippen molar-refractivity contribution in [2.45, 2.75) is 0 Å². The molecule has 3 nitrogen and oxygen atoms in total. The van der Waals surface area contributed by atoms with Gasteiger partial charge in [0.05, 0.1) is 0 Å². The molecular weight excluding hydrogens is 162 g/mol. The Balaban J connectivity index is 2.43. The van der Waals surface area contributed by atoms with Crippen LogP contribution in [0.3, 0.4) is 0 Å². The zero-order chi connectivity index (χ0) is 9.10. The van der Waals surface area contributed by atoms with E-state index >= 15 is 0 Å². The van der Waals surface area contributed by atoms with Gasteiger partial charge in [-0.25, -0.2) is 5.10 Å². The lowest BCUT2D eigenvalue weighted by Gasteiger charge is -1.91. The number of rotatable bonds is 1. The molecule has 1 aromatic heterocycles. The van der Waals surface area contributed by atoms with Crippen molar-refractivity contribution in [1.82, 2.24) is 10.2 Å². The number of aromatic nitrogens is 2. The second-order valence-electron chi connectivity index (χ2n) is 2.62. The summed E-state index contributed by atoms with van der Waals surface area (Å²) in [5.41, 5.74) is 1.83. The molecule has 1 N–H and O–H groups in total. The number of nitrogens with zero attached hydrogens (tertiary/aromatic N) is 2. The number of nitrogens with one attached hydrogen (secondary N) is 1. The van der Waals surface area contributed by atoms with Crippen LogP contribution in [-0.2, 0) is 0 Å². The van der Waals surface area contributed by atoms with Crippen LogP contribution in [0.1, 0.15) is 0 Å². The van der Waals surface area contributed by atoms with E-state index < -0.39 is 0 Å². The second kappa shape index (κ2) is 3.11. The Hall–Kier alpha value is -2.08. The van der Waals surface area contributed by atoms with E-state index in [2.05, 4.69) is 15.0 Å². The predicted molar refractivity (Wildman–Crippen MR) is 50.3 cm³/mol. The second-order valence-corrected chi connectivity index (χ2v) is 2.62. The molecule has 0 saturated heterocycles. The maximum absolute atomic E-state index is 6.77. The van der Waals surface area contributed by atoms with Crippen LogP contribution >= 0.6 is 0 Å². The molecule has 0 fully saturated rings. The molecule has 62 valence electrons. The van der Waals surface area contributed by atoms with Crippen molar-refractivity contribution in [2.75, 3.05) is 0 Å². The van der Waals surface area contributed by atoms with Crippen molar-refractivity contribution in [1.29, 1.82) is 0 Å². The largest absolute Gasteiger partial charge is 0.362 e. The zero-order valence-corrected chi connectivity index (χ0v) is 6.86. The highest BCUT2D eigenvalue weighted by atomic mass is 15.2. The van der Waals surface area contributed by atoms with Gasteiger partial charge in [0.15, 0.2) is 0 Å². The van der Waals surface area contributed by atoms with Crippen molar-refractivity contribution in [2.24, 2.45) is 0 Å². The third kappa shape index (κ3) is 1.42. The van der Waals surface area contributed by atoms with Gasteiger partial charge in [-0.2, -0.15) is 0 Å². The molecule has 3 heteroatoms. The first kappa shape index (κ1) is 7.56. The minimum Gasteiger partial charge on any atom is -0.362 e. The Morgan fingerprint density at radius 2 is 2.00 bits per heavy atom. The topological polar surface area (TPSA) is 33.0 Å². The third-order valence-corrected chi connectivity index (χ3v) is 1.75. The van der Waals surface area contributed by atoms with Crippen LogP contribution in [-0.4, -0.2) is 10.2 Å².